The van der Waals surface area contributed by atoms with Crippen LogP contribution < -0.4 is 9.79 Å². The van der Waals surface area contributed by atoms with Gasteiger partial charge in [-0.05, 0) is 30.5 Å². The van der Waals surface area contributed by atoms with Gasteiger partial charge in [-0.15, -0.1) is 10.2 Å². The van der Waals surface area contributed by atoms with Gasteiger partial charge in [-0.25, -0.2) is 9.98 Å². The number of thioether (sulfide) groups is 1. The summed E-state index contributed by atoms with van der Waals surface area (Å²) in [5.41, 5.74) is 2.29. The molecule has 0 aliphatic carbocycles. The van der Waals surface area contributed by atoms with Crippen LogP contribution in [0.1, 0.15) is 19.9 Å². The fourth-order valence-electron chi connectivity index (χ4n) is 2.39. The maximum absolute atomic E-state index is 12.0. The van der Waals surface area contributed by atoms with E-state index < -0.39 is 0 Å². The lowest BCUT2D eigenvalue weighted by Gasteiger charge is -2.06. The number of hydrogen-bond donors (Lipinski definition) is 1. The predicted octanol–water partition coefficient (Wildman–Crippen LogP) is 1.55. The van der Waals surface area contributed by atoms with Gasteiger partial charge in [-0.3, -0.25) is 4.52 Å². The van der Waals surface area contributed by atoms with Gasteiger partial charge >= 0.3 is 5.88 Å². The van der Waals surface area contributed by atoms with E-state index in [1.165, 1.54) is 11.8 Å². The van der Waals surface area contributed by atoms with E-state index in [4.69, 9.17) is 4.52 Å². The molecule has 0 aliphatic rings. The highest BCUT2D eigenvalue weighted by Crippen LogP contribution is 2.23. The molecular weight excluding hydrogens is 354 g/mol. The number of hydrogen-bond acceptors (Lipinski definition) is 8. The quantitative estimate of drug-likeness (QED) is 0.245. The van der Waals surface area contributed by atoms with Gasteiger partial charge in [0.1, 0.15) is 5.52 Å². The van der Waals surface area contributed by atoms with E-state index >= 15 is 0 Å². The van der Waals surface area contributed by atoms with Crippen LogP contribution in [0.3, 0.4) is 0 Å². The third-order valence-corrected chi connectivity index (χ3v) is 4.49. The zero-order chi connectivity index (χ0) is 18.1. The van der Waals surface area contributed by atoms with E-state index in [0.29, 0.717) is 16.3 Å². The Morgan fingerprint density at radius 1 is 1.35 bits per heavy atom. The maximum atomic E-state index is 12.0. The zero-order valence-corrected chi connectivity index (χ0v) is 14.9. The molecule has 10 heteroatoms. The molecule has 0 atom stereocenters. The van der Waals surface area contributed by atoms with E-state index in [1.54, 1.807) is 10.9 Å². The molecular formula is C16H15N7O2S. The topological polar surface area (TPSA) is 120 Å². The number of fused-ring (bicyclic) bond motifs is 3. The molecule has 3 heterocycles. The monoisotopic (exact) mass is 369 g/mol. The summed E-state index contributed by atoms with van der Waals surface area (Å²) in [4.78, 5) is 11.5. The van der Waals surface area contributed by atoms with E-state index in [9.17, 15) is 5.11 Å². The number of aromatic amines is 1. The van der Waals surface area contributed by atoms with Crippen molar-refractivity contribution in [2.45, 2.75) is 25.0 Å². The number of para-hydroxylation sites is 1. The molecule has 4 aromatic rings. The fraction of sp³-hybridized carbons (Fsp3) is 0.250. The number of aliphatic imine (C=N–C) groups is 1. The number of nitrogens with zero attached hydrogens (tertiary/aromatic N) is 6. The molecule has 0 fully saturated rings. The Hall–Kier alpha value is -3.01. The van der Waals surface area contributed by atoms with Crippen LogP contribution in [0.4, 0.5) is 5.88 Å². The Balaban J connectivity index is 1.49. The first-order chi connectivity index (χ1) is 12.6. The van der Waals surface area contributed by atoms with Gasteiger partial charge in [0.2, 0.25) is 10.4 Å². The van der Waals surface area contributed by atoms with Crippen LogP contribution in [0.2, 0.25) is 0 Å². The average Bonchev–Trinajstić information content (AvgIpc) is 3.24. The highest BCUT2D eigenvalue weighted by molar-refractivity contribution is 7.99. The number of rotatable bonds is 5. The van der Waals surface area contributed by atoms with Gasteiger partial charge in [0.15, 0.2) is 11.7 Å². The summed E-state index contributed by atoms with van der Waals surface area (Å²) in [6.45, 7) is 3.91. The van der Waals surface area contributed by atoms with Crippen molar-refractivity contribution in [3.63, 3.8) is 0 Å². The fourth-order valence-corrected chi connectivity index (χ4v) is 2.96. The Morgan fingerprint density at radius 3 is 3.00 bits per heavy atom. The molecule has 0 aliphatic heterocycles. The lowest BCUT2D eigenvalue weighted by Crippen LogP contribution is -2.36. The minimum Gasteiger partial charge on any atom is -0.861 e. The van der Waals surface area contributed by atoms with E-state index in [2.05, 4.69) is 30.4 Å². The first kappa shape index (κ1) is 16.5. The number of nitrogens with one attached hydrogen (secondary N) is 1. The zero-order valence-electron chi connectivity index (χ0n) is 14.1. The van der Waals surface area contributed by atoms with Crippen LogP contribution in [-0.4, -0.2) is 37.1 Å². The van der Waals surface area contributed by atoms with Crippen molar-refractivity contribution in [1.82, 2.24) is 25.4 Å². The SMILES string of the molecule is CC(C)[n+]1cc(/N=C(/[O-])CSc2nnc3c(n2)[nH]c2ccccc23)on1. The second-order valence-corrected chi connectivity index (χ2v) is 6.81. The van der Waals surface area contributed by atoms with Crippen LogP contribution in [0.15, 0.2) is 45.1 Å². The van der Waals surface area contributed by atoms with Gasteiger partial charge in [-0.2, -0.15) is 0 Å². The van der Waals surface area contributed by atoms with E-state index in [0.717, 1.165) is 10.9 Å². The third kappa shape index (κ3) is 3.23. The van der Waals surface area contributed by atoms with Crippen molar-refractivity contribution in [1.29, 1.82) is 0 Å². The molecule has 0 spiro atoms. The second-order valence-electron chi connectivity index (χ2n) is 5.87. The van der Waals surface area contributed by atoms with Crippen LogP contribution >= 0.6 is 11.8 Å². The van der Waals surface area contributed by atoms with E-state index in [1.807, 2.05) is 38.1 Å². The molecule has 1 N–H and O–H groups in total. The lowest BCUT2D eigenvalue weighted by atomic mass is 10.2. The summed E-state index contributed by atoms with van der Waals surface area (Å²) in [5.74, 6) is -0.104. The van der Waals surface area contributed by atoms with Crippen LogP contribution in [0, 0.1) is 0 Å². The largest absolute Gasteiger partial charge is 0.861 e. The molecule has 0 bridgehead atoms. The van der Waals surface area contributed by atoms with Crippen molar-refractivity contribution in [3.8, 4) is 0 Å². The van der Waals surface area contributed by atoms with Crippen molar-refractivity contribution in [3.05, 3.63) is 30.5 Å². The maximum Gasteiger partial charge on any atom is 0.320 e. The number of benzene rings is 1. The van der Waals surface area contributed by atoms with Crippen LogP contribution in [0.25, 0.3) is 22.1 Å². The average molecular weight is 369 g/mol. The molecule has 4 rings (SSSR count). The molecule has 1 aromatic carbocycles. The summed E-state index contributed by atoms with van der Waals surface area (Å²) in [7, 11) is 0. The first-order valence-electron chi connectivity index (χ1n) is 7.97. The van der Waals surface area contributed by atoms with Crippen LogP contribution in [0.5, 0.6) is 0 Å². The molecule has 132 valence electrons. The molecule has 0 radical (unpaired) electrons. The summed E-state index contributed by atoms with van der Waals surface area (Å²) in [5, 5.41) is 25.5. The molecule has 0 amide bonds. The smallest absolute Gasteiger partial charge is 0.320 e. The van der Waals surface area contributed by atoms with Gasteiger partial charge in [0.25, 0.3) is 6.20 Å². The van der Waals surface area contributed by atoms with Gasteiger partial charge < -0.3 is 10.1 Å². The van der Waals surface area contributed by atoms with Gasteiger partial charge in [0.05, 0.1) is 0 Å². The molecule has 9 nitrogen and oxygen atoms in total. The molecule has 0 unspecified atom stereocenters. The van der Waals surface area contributed by atoms with Crippen molar-refractivity contribution >= 4 is 45.6 Å². The Morgan fingerprint density at radius 2 is 2.19 bits per heavy atom. The highest BCUT2D eigenvalue weighted by Gasteiger charge is 2.14. The van der Waals surface area contributed by atoms with Crippen molar-refractivity contribution < 1.29 is 14.3 Å². The molecule has 0 saturated carbocycles. The highest BCUT2D eigenvalue weighted by atomic mass is 32.2. The van der Waals surface area contributed by atoms with Gasteiger partial charge in [-0.1, -0.05) is 30.0 Å². The normalized spacial score (nSPS) is 12.5. The first-order valence-corrected chi connectivity index (χ1v) is 8.95. The van der Waals surface area contributed by atoms with E-state index in [-0.39, 0.29) is 23.6 Å². The lowest BCUT2D eigenvalue weighted by molar-refractivity contribution is -0.779. The van der Waals surface area contributed by atoms with Crippen molar-refractivity contribution in [2.75, 3.05) is 5.75 Å². The summed E-state index contributed by atoms with van der Waals surface area (Å²) in [6.07, 6.45) is 1.59. The minimum atomic E-state index is -0.359. The molecule has 3 aromatic heterocycles. The Labute approximate surface area is 152 Å². The summed E-state index contributed by atoms with van der Waals surface area (Å²) >= 11 is 1.17. The third-order valence-electron chi connectivity index (χ3n) is 3.66. The Kier molecular flexibility index (Phi) is 4.25. The standard InChI is InChI=1S/C16H15N7O2S/c1-9(2)23-7-13(25-22-23)18-12(24)8-26-16-19-15-14(20-21-16)10-5-3-4-6-11(10)17-15/h3-7,9H,8H2,1-2H3,(H-,17,18,19,20,21,22,24). The number of H-pyrrole nitrogens is 1. The minimum absolute atomic E-state index is 0.0792. The van der Waals surface area contributed by atoms with Gasteiger partial charge in [0, 0.05) is 16.7 Å². The van der Waals surface area contributed by atoms with Crippen molar-refractivity contribution in [2.24, 2.45) is 4.99 Å². The Bertz CT molecular complexity index is 1100. The predicted molar refractivity (Wildman–Crippen MR) is 94.1 cm³/mol. The summed E-state index contributed by atoms with van der Waals surface area (Å²) < 4.78 is 6.60. The summed E-state index contributed by atoms with van der Waals surface area (Å²) in [6, 6.07) is 7.92. The van der Waals surface area contributed by atoms with Crippen LogP contribution in [-0.2, 0) is 0 Å². The molecule has 26 heavy (non-hydrogen) atoms. The second kappa shape index (κ2) is 6.71. The molecule has 0 saturated heterocycles. The number of aromatic nitrogens is 6.